The summed E-state index contributed by atoms with van der Waals surface area (Å²) in [7, 11) is 0. The zero-order valence-electron chi connectivity index (χ0n) is 11.8. The summed E-state index contributed by atoms with van der Waals surface area (Å²) in [5.41, 5.74) is 2.89. The number of halogens is 2. The Bertz CT molecular complexity index is 723. The predicted octanol–water partition coefficient (Wildman–Crippen LogP) is 5.32. The maximum Gasteiger partial charge on any atom is 0.132 e. The summed E-state index contributed by atoms with van der Waals surface area (Å²) >= 11 is 6.94. The average Bonchev–Trinajstić information content (AvgIpc) is 2.55. The fourth-order valence-corrected chi connectivity index (χ4v) is 3.48. The highest BCUT2D eigenvalue weighted by Crippen LogP contribution is 2.44. The quantitative estimate of drug-likeness (QED) is 0.493. The first kappa shape index (κ1) is 15.5. The number of hydrogen-bond donors (Lipinski definition) is 0. The lowest BCUT2D eigenvalue weighted by Crippen LogP contribution is -2.16. The first-order chi connectivity index (χ1) is 10.7. The Morgan fingerprint density at radius 2 is 1.91 bits per heavy atom. The summed E-state index contributed by atoms with van der Waals surface area (Å²) in [6.07, 6.45) is 1.74. The van der Waals surface area contributed by atoms with E-state index in [0.717, 1.165) is 50.7 Å². The van der Waals surface area contributed by atoms with Crippen LogP contribution in [0.4, 0.5) is 0 Å². The molecule has 0 amide bonds. The van der Waals surface area contributed by atoms with Crippen molar-refractivity contribution in [3.63, 3.8) is 0 Å². The number of carbonyl (C=O) groups excluding carboxylic acids is 1. The van der Waals surface area contributed by atoms with Gasteiger partial charge in [-0.1, -0.05) is 62.2 Å². The lowest BCUT2D eigenvalue weighted by atomic mass is 9.84. The number of rotatable bonds is 4. The largest absolute Gasteiger partial charge is 0.461 e. The number of ether oxygens (including phenoxy) is 1. The van der Waals surface area contributed by atoms with E-state index in [4.69, 9.17) is 4.74 Å². The summed E-state index contributed by atoms with van der Waals surface area (Å²) in [4.78, 5) is 11.9. The second-order valence-corrected chi connectivity index (χ2v) is 6.75. The molecule has 1 unspecified atom stereocenters. The second kappa shape index (κ2) is 6.80. The van der Waals surface area contributed by atoms with Crippen molar-refractivity contribution in [1.82, 2.24) is 0 Å². The molecule has 1 aliphatic rings. The molecule has 1 heterocycles. The van der Waals surface area contributed by atoms with Gasteiger partial charge in [-0.25, -0.2) is 0 Å². The molecule has 0 spiro atoms. The molecule has 2 aromatic carbocycles. The molecule has 0 bridgehead atoms. The minimum atomic E-state index is -0.308. The molecule has 4 heteroatoms. The monoisotopic (exact) mass is 420 g/mol. The minimum Gasteiger partial charge on any atom is -0.461 e. The van der Waals surface area contributed by atoms with Crippen molar-refractivity contribution in [2.75, 3.05) is 5.33 Å². The van der Waals surface area contributed by atoms with Crippen LogP contribution in [0, 0.1) is 0 Å². The van der Waals surface area contributed by atoms with Crippen molar-refractivity contribution in [2.45, 2.75) is 12.3 Å². The highest BCUT2D eigenvalue weighted by atomic mass is 79.9. The summed E-state index contributed by atoms with van der Waals surface area (Å²) < 4.78 is 7.04. The third-order valence-electron chi connectivity index (χ3n) is 3.69. The molecule has 0 aromatic heterocycles. The molecule has 0 radical (unpaired) electrons. The smallest absolute Gasteiger partial charge is 0.132 e. The van der Waals surface area contributed by atoms with Gasteiger partial charge in [0.15, 0.2) is 0 Å². The van der Waals surface area contributed by atoms with E-state index in [2.05, 4.69) is 31.9 Å². The highest BCUT2D eigenvalue weighted by Gasteiger charge is 2.30. The van der Waals surface area contributed by atoms with Gasteiger partial charge in [-0.2, -0.15) is 0 Å². The summed E-state index contributed by atoms with van der Waals surface area (Å²) in [5, 5.41) is 0.788. The van der Waals surface area contributed by atoms with Gasteiger partial charge in [0.25, 0.3) is 0 Å². The van der Waals surface area contributed by atoms with Crippen molar-refractivity contribution in [2.24, 2.45) is 0 Å². The Balaban J connectivity index is 2.19. The van der Waals surface area contributed by atoms with E-state index in [1.807, 2.05) is 48.5 Å². The number of fused-ring (bicyclic) bond motifs is 1. The first-order valence-corrected chi connectivity index (χ1v) is 8.93. The van der Waals surface area contributed by atoms with Gasteiger partial charge in [-0.05, 0) is 23.8 Å². The molecule has 2 aromatic rings. The summed E-state index contributed by atoms with van der Waals surface area (Å²) in [5.74, 6) is 1.31. The molecule has 0 aliphatic carbocycles. The normalized spacial score (nSPS) is 16.9. The number of aldehydes is 1. The van der Waals surface area contributed by atoms with E-state index in [1.165, 1.54) is 0 Å². The van der Waals surface area contributed by atoms with Crippen molar-refractivity contribution in [3.8, 4) is 5.75 Å². The standard InChI is InChI=1S/C18H14Br2O2/c19-9-8-17-18(12-4-2-1-3-5-12)15(11-21)14-10-13(20)6-7-16(14)22-17/h1-7,10-11,15H,8-9H2. The van der Waals surface area contributed by atoms with Crippen molar-refractivity contribution >= 4 is 43.7 Å². The van der Waals surface area contributed by atoms with Crippen LogP contribution >= 0.6 is 31.9 Å². The number of carbonyl (C=O) groups is 1. The molecule has 1 atom stereocenters. The molecule has 0 saturated carbocycles. The molecule has 2 nitrogen and oxygen atoms in total. The van der Waals surface area contributed by atoms with E-state index >= 15 is 0 Å². The van der Waals surface area contributed by atoms with Crippen LogP contribution in [-0.2, 0) is 4.79 Å². The Morgan fingerprint density at radius 1 is 1.14 bits per heavy atom. The lowest BCUT2D eigenvalue weighted by molar-refractivity contribution is -0.108. The maximum atomic E-state index is 11.9. The minimum absolute atomic E-state index is 0.308. The fourth-order valence-electron chi connectivity index (χ4n) is 2.74. The maximum absolute atomic E-state index is 11.9. The van der Waals surface area contributed by atoms with Gasteiger partial charge in [0.2, 0.25) is 0 Å². The van der Waals surface area contributed by atoms with Gasteiger partial charge in [0, 0.05) is 27.4 Å². The third kappa shape index (κ3) is 2.90. The predicted molar refractivity (Wildman–Crippen MR) is 95.3 cm³/mol. The molecule has 0 fully saturated rings. The van der Waals surface area contributed by atoms with Gasteiger partial charge in [-0.15, -0.1) is 0 Å². The Morgan fingerprint density at radius 3 is 2.59 bits per heavy atom. The van der Waals surface area contributed by atoms with Crippen LogP contribution in [0.5, 0.6) is 5.75 Å². The SMILES string of the molecule is O=CC1C(c2ccccc2)=C(CCBr)Oc2ccc(Br)cc21. The molecular formula is C18H14Br2O2. The van der Waals surface area contributed by atoms with Gasteiger partial charge in [0.1, 0.15) is 17.8 Å². The number of allylic oxidation sites excluding steroid dienone is 2. The highest BCUT2D eigenvalue weighted by molar-refractivity contribution is 9.10. The van der Waals surface area contributed by atoms with Gasteiger partial charge in [-0.3, -0.25) is 0 Å². The van der Waals surface area contributed by atoms with Crippen LogP contribution in [0.2, 0.25) is 0 Å². The van der Waals surface area contributed by atoms with Gasteiger partial charge < -0.3 is 9.53 Å². The van der Waals surface area contributed by atoms with Gasteiger partial charge >= 0.3 is 0 Å². The van der Waals surface area contributed by atoms with Crippen LogP contribution in [-0.4, -0.2) is 11.6 Å². The van der Waals surface area contributed by atoms with E-state index in [1.54, 1.807) is 0 Å². The van der Waals surface area contributed by atoms with E-state index in [9.17, 15) is 4.79 Å². The van der Waals surface area contributed by atoms with Crippen LogP contribution in [0.25, 0.3) is 5.57 Å². The van der Waals surface area contributed by atoms with E-state index < -0.39 is 0 Å². The zero-order valence-corrected chi connectivity index (χ0v) is 14.9. The lowest BCUT2D eigenvalue weighted by Gasteiger charge is -2.28. The molecule has 0 N–H and O–H groups in total. The molecular weight excluding hydrogens is 408 g/mol. The van der Waals surface area contributed by atoms with Crippen LogP contribution < -0.4 is 4.74 Å². The van der Waals surface area contributed by atoms with E-state index in [-0.39, 0.29) is 5.92 Å². The molecule has 112 valence electrons. The molecule has 3 rings (SSSR count). The fraction of sp³-hybridized carbons (Fsp3) is 0.167. The van der Waals surface area contributed by atoms with Gasteiger partial charge in [0.05, 0.1) is 5.92 Å². The topological polar surface area (TPSA) is 26.3 Å². The summed E-state index contributed by atoms with van der Waals surface area (Å²) in [6, 6.07) is 15.8. The van der Waals surface area contributed by atoms with Crippen molar-refractivity contribution < 1.29 is 9.53 Å². The molecule has 0 saturated heterocycles. The first-order valence-electron chi connectivity index (χ1n) is 7.01. The number of hydrogen-bond acceptors (Lipinski definition) is 2. The summed E-state index contributed by atoms with van der Waals surface area (Å²) in [6.45, 7) is 0. The number of benzene rings is 2. The Kier molecular flexibility index (Phi) is 4.79. The Hall–Kier alpha value is -1.39. The van der Waals surface area contributed by atoms with Crippen LogP contribution in [0.3, 0.4) is 0 Å². The van der Waals surface area contributed by atoms with Crippen LogP contribution in [0.15, 0.2) is 58.8 Å². The van der Waals surface area contributed by atoms with E-state index in [0.29, 0.717) is 0 Å². The Labute approximate surface area is 146 Å². The van der Waals surface area contributed by atoms with Crippen molar-refractivity contribution in [3.05, 3.63) is 69.9 Å². The second-order valence-electron chi connectivity index (χ2n) is 5.04. The molecule has 22 heavy (non-hydrogen) atoms. The number of alkyl halides is 1. The van der Waals surface area contributed by atoms with Crippen LogP contribution in [0.1, 0.15) is 23.5 Å². The molecule has 1 aliphatic heterocycles. The third-order valence-corrected chi connectivity index (χ3v) is 4.58. The average molecular weight is 422 g/mol. The zero-order chi connectivity index (χ0) is 15.5. The van der Waals surface area contributed by atoms with Crippen molar-refractivity contribution in [1.29, 1.82) is 0 Å².